The Morgan fingerprint density at radius 2 is 1.85 bits per heavy atom. The van der Waals surface area contributed by atoms with Gasteiger partial charge in [0.15, 0.2) is 0 Å². The minimum atomic E-state index is 0.108. The molecule has 4 heteroatoms. The summed E-state index contributed by atoms with van der Waals surface area (Å²) in [7, 11) is 3.53. The quantitative estimate of drug-likeness (QED) is 0.910. The van der Waals surface area contributed by atoms with Crippen LogP contribution in [0.15, 0.2) is 40.8 Å². The van der Waals surface area contributed by atoms with E-state index >= 15 is 0 Å². The summed E-state index contributed by atoms with van der Waals surface area (Å²) < 4.78 is 5.50. The van der Waals surface area contributed by atoms with Crippen molar-refractivity contribution < 1.29 is 9.21 Å². The summed E-state index contributed by atoms with van der Waals surface area (Å²) in [5.74, 6) is 1.94. The molecule has 1 amide bonds. The fourth-order valence-electron chi connectivity index (χ4n) is 1.84. The molecule has 1 N–H and O–H groups in total. The van der Waals surface area contributed by atoms with E-state index in [1.807, 2.05) is 43.3 Å². The number of rotatable bonds is 5. The summed E-state index contributed by atoms with van der Waals surface area (Å²) in [5, 5.41) is 3.29. The van der Waals surface area contributed by atoms with E-state index in [1.165, 1.54) is 0 Å². The van der Waals surface area contributed by atoms with Gasteiger partial charge >= 0.3 is 0 Å². The molecule has 0 atom stereocenters. The molecule has 0 saturated carbocycles. The number of hydrogen-bond acceptors (Lipinski definition) is 3. The highest BCUT2D eigenvalue weighted by molar-refractivity contribution is 5.78. The number of carbonyl (C=O) groups is 1. The van der Waals surface area contributed by atoms with Gasteiger partial charge in [0.2, 0.25) is 5.91 Å². The van der Waals surface area contributed by atoms with Crippen molar-refractivity contribution in [3.63, 3.8) is 0 Å². The molecule has 0 spiro atoms. The van der Waals surface area contributed by atoms with Crippen LogP contribution < -0.4 is 5.32 Å². The first-order valence-corrected chi connectivity index (χ1v) is 6.63. The Hall–Kier alpha value is -2.23. The Morgan fingerprint density at radius 1 is 1.15 bits per heavy atom. The molecule has 0 fully saturated rings. The van der Waals surface area contributed by atoms with Crippen molar-refractivity contribution in [2.45, 2.75) is 19.9 Å². The first-order valence-electron chi connectivity index (χ1n) is 6.63. The molecule has 0 aliphatic carbocycles. The zero-order valence-electron chi connectivity index (χ0n) is 12.1. The van der Waals surface area contributed by atoms with Crippen LogP contribution in [0.1, 0.15) is 17.1 Å². The molecule has 1 heterocycles. The van der Waals surface area contributed by atoms with Gasteiger partial charge in [-0.1, -0.05) is 12.1 Å². The number of anilines is 1. The predicted molar refractivity (Wildman–Crippen MR) is 79.6 cm³/mol. The standard InChI is InChI=1S/C16H20N2O2/c1-12-4-9-15(20-12)11-17-14-7-5-13(6-8-14)10-16(19)18(2)3/h4-9,17H,10-11H2,1-3H3. The molecule has 0 saturated heterocycles. The van der Waals surface area contributed by atoms with Gasteiger partial charge in [0.25, 0.3) is 0 Å². The number of furan rings is 1. The van der Waals surface area contributed by atoms with Gasteiger partial charge in [-0.3, -0.25) is 4.79 Å². The fraction of sp³-hybridized carbons (Fsp3) is 0.312. The average Bonchev–Trinajstić information content (AvgIpc) is 2.83. The topological polar surface area (TPSA) is 45.5 Å². The van der Waals surface area contributed by atoms with Gasteiger partial charge in [0.05, 0.1) is 13.0 Å². The van der Waals surface area contributed by atoms with Crippen LogP contribution in [-0.4, -0.2) is 24.9 Å². The lowest BCUT2D eigenvalue weighted by Gasteiger charge is -2.10. The second-order valence-electron chi connectivity index (χ2n) is 5.03. The Balaban J connectivity index is 1.89. The summed E-state index contributed by atoms with van der Waals surface area (Å²) in [6.07, 6.45) is 0.435. The first-order chi connectivity index (χ1) is 9.54. The summed E-state index contributed by atoms with van der Waals surface area (Å²) in [6, 6.07) is 11.8. The summed E-state index contributed by atoms with van der Waals surface area (Å²) in [5.41, 5.74) is 2.03. The van der Waals surface area contributed by atoms with Gasteiger partial charge in [0, 0.05) is 19.8 Å². The molecule has 0 radical (unpaired) electrons. The molecule has 1 aromatic carbocycles. The van der Waals surface area contributed by atoms with Crippen LogP contribution in [0.2, 0.25) is 0 Å². The Labute approximate surface area is 119 Å². The maximum atomic E-state index is 11.6. The van der Waals surface area contributed by atoms with Gasteiger partial charge in [-0.15, -0.1) is 0 Å². The Kier molecular flexibility index (Phi) is 4.45. The summed E-state index contributed by atoms with van der Waals surface area (Å²) in [6.45, 7) is 2.59. The van der Waals surface area contributed by atoms with Crippen LogP contribution >= 0.6 is 0 Å². The molecule has 0 aliphatic heterocycles. The van der Waals surface area contributed by atoms with Crippen molar-refractivity contribution in [1.82, 2.24) is 4.90 Å². The van der Waals surface area contributed by atoms with Crippen molar-refractivity contribution in [1.29, 1.82) is 0 Å². The van der Waals surface area contributed by atoms with Gasteiger partial charge in [-0.2, -0.15) is 0 Å². The monoisotopic (exact) mass is 272 g/mol. The van der Waals surface area contributed by atoms with Crippen molar-refractivity contribution in [3.8, 4) is 0 Å². The van der Waals surface area contributed by atoms with Gasteiger partial charge in [-0.25, -0.2) is 0 Å². The summed E-state index contributed by atoms with van der Waals surface area (Å²) >= 11 is 0. The number of benzene rings is 1. The highest BCUT2D eigenvalue weighted by Crippen LogP contribution is 2.13. The van der Waals surface area contributed by atoms with Crippen molar-refractivity contribution >= 4 is 11.6 Å². The molecule has 0 unspecified atom stereocenters. The van der Waals surface area contributed by atoms with Crippen LogP contribution in [0.25, 0.3) is 0 Å². The second kappa shape index (κ2) is 6.28. The SMILES string of the molecule is Cc1ccc(CNc2ccc(CC(=O)N(C)C)cc2)o1. The largest absolute Gasteiger partial charge is 0.465 e. The first kappa shape index (κ1) is 14.2. The predicted octanol–water partition coefficient (Wildman–Crippen LogP) is 2.83. The number of carbonyl (C=O) groups excluding carboxylic acids is 1. The van der Waals surface area contributed by atoms with E-state index in [9.17, 15) is 4.79 Å². The van der Waals surface area contributed by atoms with Crippen LogP contribution in [-0.2, 0) is 17.8 Å². The number of likely N-dealkylation sites (N-methyl/N-ethyl adjacent to an activating group) is 1. The number of hydrogen-bond donors (Lipinski definition) is 1. The lowest BCUT2D eigenvalue weighted by atomic mass is 10.1. The molecule has 0 aliphatic rings. The highest BCUT2D eigenvalue weighted by Gasteiger charge is 2.05. The van der Waals surface area contributed by atoms with Gasteiger partial charge < -0.3 is 14.6 Å². The zero-order chi connectivity index (χ0) is 14.5. The highest BCUT2D eigenvalue weighted by atomic mass is 16.3. The zero-order valence-corrected chi connectivity index (χ0v) is 12.1. The Bertz CT molecular complexity index is 570. The van der Waals surface area contributed by atoms with E-state index in [0.717, 1.165) is 22.8 Å². The second-order valence-corrected chi connectivity index (χ2v) is 5.03. The average molecular weight is 272 g/mol. The van der Waals surface area contributed by atoms with Crippen LogP contribution in [0.3, 0.4) is 0 Å². The third-order valence-electron chi connectivity index (χ3n) is 3.07. The maximum absolute atomic E-state index is 11.6. The van der Waals surface area contributed by atoms with Gasteiger partial charge in [-0.05, 0) is 36.8 Å². The third kappa shape index (κ3) is 3.88. The van der Waals surface area contributed by atoms with E-state index in [4.69, 9.17) is 4.42 Å². The Morgan fingerprint density at radius 3 is 2.40 bits per heavy atom. The van der Waals surface area contributed by atoms with E-state index in [1.54, 1.807) is 19.0 Å². The molecular weight excluding hydrogens is 252 g/mol. The lowest BCUT2D eigenvalue weighted by Crippen LogP contribution is -2.23. The molecule has 106 valence electrons. The van der Waals surface area contributed by atoms with E-state index < -0.39 is 0 Å². The lowest BCUT2D eigenvalue weighted by molar-refractivity contribution is -0.127. The van der Waals surface area contributed by atoms with Gasteiger partial charge in [0.1, 0.15) is 11.5 Å². The molecule has 1 aromatic heterocycles. The molecule has 0 bridgehead atoms. The van der Waals surface area contributed by atoms with Crippen LogP contribution in [0, 0.1) is 6.92 Å². The number of amides is 1. The van der Waals surface area contributed by atoms with Crippen molar-refractivity contribution in [2.24, 2.45) is 0 Å². The van der Waals surface area contributed by atoms with Crippen molar-refractivity contribution in [2.75, 3.05) is 19.4 Å². The normalized spacial score (nSPS) is 10.3. The van der Waals surface area contributed by atoms with Crippen LogP contribution in [0.4, 0.5) is 5.69 Å². The molecular formula is C16H20N2O2. The van der Waals surface area contributed by atoms with E-state index in [-0.39, 0.29) is 5.91 Å². The smallest absolute Gasteiger partial charge is 0.226 e. The molecule has 2 aromatic rings. The van der Waals surface area contributed by atoms with E-state index in [0.29, 0.717) is 13.0 Å². The van der Waals surface area contributed by atoms with E-state index in [2.05, 4.69) is 5.32 Å². The number of nitrogens with one attached hydrogen (secondary N) is 1. The summed E-state index contributed by atoms with van der Waals surface area (Å²) in [4.78, 5) is 13.2. The number of nitrogens with zero attached hydrogens (tertiary/aromatic N) is 1. The minimum absolute atomic E-state index is 0.108. The van der Waals surface area contributed by atoms with Crippen molar-refractivity contribution in [3.05, 3.63) is 53.5 Å². The molecule has 2 rings (SSSR count). The maximum Gasteiger partial charge on any atom is 0.226 e. The fourth-order valence-corrected chi connectivity index (χ4v) is 1.84. The number of aryl methyl sites for hydroxylation is 1. The minimum Gasteiger partial charge on any atom is -0.465 e. The van der Waals surface area contributed by atoms with Crippen LogP contribution in [0.5, 0.6) is 0 Å². The molecule has 20 heavy (non-hydrogen) atoms. The third-order valence-corrected chi connectivity index (χ3v) is 3.07. The molecule has 4 nitrogen and oxygen atoms in total.